The first-order chi connectivity index (χ1) is 14.2. The molecule has 5 nitrogen and oxygen atoms in total. The van der Waals surface area contributed by atoms with Gasteiger partial charge in [-0.1, -0.05) is 36.4 Å². The van der Waals surface area contributed by atoms with Crippen LogP contribution in [0.4, 0.5) is 4.39 Å². The second-order valence-corrected chi connectivity index (χ2v) is 6.78. The number of H-pyrrole nitrogens is 1. The predicted molar refractivity (Wildman–Crippen MR) is 109 cm³/mol. The monoisotopic (exact) mass is 385 g/mol. The highest BCUT2D eigenvalue weighted by atomic mass is 19.1. The maximum absolute atomic E-state index is 14.6. The molecule has 2 N–H and O–H groups in total. The molecular formula is C23H16FN3O2. The summed E-state index contributed by atoms with van der Waals surface area (Å²) in [6.45, 7) is 0.231. The van der Waals surface area contributed by atoms with E-state index in [1.165, 1.54) is 12.3 Å². The Bertz CT molecular complexity index is 1340. The van der Waals surface area contributed by atoms with Crippen LogP contribution >= 0.6 is 0 Å². The molecule has 1 amide bonds. The molecule has 0 saturated carbocycles. The molecule has 6 heteroatoms. The third kappa shape index (κ3) is 3.14. The van der Waals surface area contributed by atoms with E-state index in [1.54, 1.807) is 18.2 Å². The number of amides is 1. The summed E-state index contributed by atoms with van der Waals surface area (Å²) < 4.78 is 19.8. The number of aromatic amines is 1. The Morgan fingerprint density at radius 1 is 1.03 bits per heavy atom. The zero-order chi connectivity index (χ0) is 19.8. The average molecular weight is 385 g/mol. The number of hydrogen-bond donors (Lipinski definition) is 2. The van der Waals surface area contributed by atoms with Crippen molar-refractivity contribution in [1.82, 2.24) is 15.5 Å². The van der Waals surface area contributed by atoms with Gasteiger partial charge in [0.1, 0.15) is 11.3 Å². The third-order valence-corrected chi connectivity index (χ3v) is 4.92. The van der Waals surface area contributed by atoms with Gasteiger partial charge in [-0.3, -0.25) is 9.89 Å². The molecule has 0 atom stereocenters. The smallest absolute Gasteiger partial charge is 0.251 e. The van der Waals surface area contributed by atoms with Gasteiger partial charge in [0.05, 0.1) is 18.5 Å². The highest BCUT2D eigenvalue weighted by molar-refractivity contribution is 6.02. The van der Waals surface area contributed by atoms with Crippen LogP contribution in [-0.2, 0) is 6.54 Å². The number of hydrogen-bond acceptors (Lipinski definition) is 3. The molecule has 5 rings (SSSR count). The summed E-state index contributed by atoms with van der Waals surface area (Å²) in [4.78, 5) is 12.5. The minimum absolute atomic E-state index is 0.204. The number of fused-ring (bicyclic) bond motifs is 2. The lowest BCUT2D eigenvalue weighted by atomic mass is 10.0. The maximum Gasteiger partial charge on any atom is 0.251 e. The fraction of sp³-hybridized carbons (Fsp3) is 0.0435. The summed E-state index contributed by atoms with van der Waals surface area (Å²) in [7, 11) is 0. The first kappa shape index (κ1) is 17.2. The summed E-state index contributed by atoms with van der Waals surface area (Å²) in [6.07, 6.45) is 1.54. The number of nitrogens with one attached hydrogen (secondary N) is 2. The summed E-state index contributed by atoms with van der Waals surface area (Å²) in [5.41, 5.74) is 1.98. The Labute approximate surface area is 165 Å². The zero-order valence-corrected chi connectivity index (χ0v) is 15.3. The SMILES string of the molecule is O=C(NCc1ccco1)c1cc(F)c2n[nH]c(-c3ccc4ccccc4c3)c2c1. The van der Waals surface area contributed by atoms with Crippen molar-refractivity contribution in [2.24, 2.45) is 0 Å². The van der Waals surface area contributed by atoms with Gasteiger partial charge in [-0.25, -0.2) is 4.39 Å². The minimum atomic E-state index is -0.547. The third-order valence-electron chi connectivity index (χ3n) is 4.92. The molecule has 0 radical (unpaired) electrons. The number of carbonyl (C=O) groups is 1. The Balaban J connectivity index is 1.54. The molecule has 0 unspecified atom stereocenters. The second-order valence-electron chi connectivity index (χ2n) is 6.78. The molecule has 5 aromatic rings. The molecule has 0 aliphatic carbocycles. The van der Waals surface area contributed by atoms with Crippen molar-refractivity contribution in [2.45, 2.75) is 6.54 Å². The maximum atomic E-state index is 14.6. The van der Waals surface area contributed by atoms with Crippen molar-refractivity contribution >= 4 is 27.6 Å². The Morgan fingerprint density at radius 3 is 2.72 bits per heavy atom. The number of carbonyl (C=O) groups excluding carboxylic acids is 1. The number of benzene rings is 3. The molecule has 142 valence electrons. The van der Waals surface area contributed by atoms with Crippen LogP contribution in [0.25, 0.3) is 32.9 Å². The van der Waals surface area contributed by atoms with Crippen molar-refractivity contribution in [2.75, 3.05) is 0 Å². The molecule has 3 aromatic carbocycles. The van der Waals surface area contributed by atoms with Gasteiger partial charge in [0.25, 0.3) is 5.91 Å². The Kier molecular flexibility index (Phi) is 4.09. The summed E-state index contributed by atoms with van der Waals surface area (Å²) in [5.74, 6) is -0.304. The van der Waals surface area contributed by atoms with Crippen LogP contribution in [0.3, 0.4) is 0 Å². The predicted octanol–water partition coefficient (Wildman–Crippen LogP) is 5.05. The summed E-state index contributed by atoms with van der Waals surface area (Å²) >= 11 is 0. The number of furan rings is 1. The van der Waals surface area contributed by atoms with E-state index < -0.39 is 5.82 Å². The van der Waals surface area contributed by atoms with E-state index in [0.717, 1.165) is 16.3 Å². The van der Waals surface area contributed by atoms with Gasteiger partial charge in [0.2, 0.25) is 0 Å². The van der Waals surface area contributed by atoms with Crippen LogP contribution in [0.5, 0.6) is 0 Å². The molecule has 29 heavy (non-hydrogen) atoms. The molecule has 0 fully saturated rings. The van der Waals surface area contributed by atoms with E-state index in [1.807, 2.05) is 42.5 Å². The average Bonchev–Trinajstić information content (AvgIpc) is 3.41. The van der Waals surface area contributed by atoms with Gasteiger partial charge in [-0.2, -0.15) is 5.10 Å². The van der Waals surface area contributed by atoms with Gasteiger partial charge < -0.3 is 9.73 Å². The van der Waals surface area contributed by atoms with Crippen molar-refractivity contribution in [3.63, 3.8) is 0 Å². The Hall–Kier alpha value is -3.93. The molecular weight excluding hydrogens is 369 g/mol. The highest BCUT2D eigenvalue weighted by Crippen LogP contribution is 2.30. The largest absolute Gasteiger partial charge is 0.467 e. The molecule has 0 bridgehead atoms. The second kappa shape index (κ2) is 6.91. The first-order valence-electron chi connectivity index (χ1n) is 9.16. The van der Waals surface area contributed by atoms with Crippen LogP contribution in [0, 0.1) is 5.82 Å². The lowest BCUT2D eigenvalue weighted by Gasteiger charge is -2.06. The standard InChI is InChI=1S/C23H16FN3O2/c24-20-12-17(23(28)25-13-18-6-3-9-29-18)11-19-21(26-27-22(19)20)16-8-7-14-4-1-2-5-15(14)10-16/h1-12H,13H2,(H,25,28)(H,26,27). The topological polar surface area (TPSA) is 70.9 Å². The molecule has 2 heterocycles. The number of rotatable bonds is 4. The van der Waals surface area contributed by atoms with E-state index in [2.05, 4.69) is 15.5 Å². The van der Waals surface area contributed by atoms with Crippen LogP contribution < -0.4 is 5.32 Å². The Morgan fingerprint density at radius 2 is 1.90 bits per heavy atom. The normalized spacial score (nSPS) is 11.2. The molecule has 2 aromatic heterocycles. The molecule has 0 spiro atoms. The van der Waals surface area contributed by atoms with Crippen LogP contribution in [0.1, 0.15) is 16.1 Å². The fourth-order valence-electron chi connectivity index (χ4n) is 3.45. The number of halogens is 1. The van der Waals surface area contributed by atoms with Crippen LogP contribution in [0.15, 0.2) is 77.4 Å². The number of aromatic nitrogens is 2. The van der Waals surface area contributed by atoms with Crippen LogP contribution in [-0.4, -0.2) is 16.1 Å². The highest BCUT2D eigenvalue weighted by Gasteiger charge is 2.16. The molecule has 0 aliphatic rings. The quantitative estimate of drug-likeness (QED) is 0.455. The van der Waals surface area contributed by atoms with Gasteiger partial charge in [0, 0.05) is 16.5 Å². The zero-order valence-electron chi connectivity index (χ0n) is 15.3. The van der Waals surface area contributed by atoms with Gasteiger partial charge >= 0.3 is 0 Å². The van der Waals surface area contributed by atoms with E-state index in [-0.39, 0.29) is 23.5 Å². The lowest BCUT2D eigenvalue weighted by molar-refractivity contribution is 0.0948. The van der Waals surface area contributed by atoms with E-state index in [0.29, 0.717) is 16.8 Å². The van der Waals surface area contributed by atoms with Gasteiger partial charge in [-0.05, 0) is 41.1 Å². The van der Waals surface area contributed by atoms with Crippen molar-refractivity contribution < 1.29 is 13.6 Å². The lowest BCUT2D eigenvalue weighted by Crippen LogP contribution is -2.22. The van der Waals surface area contributed by atoms with Crippen molar-refractivity contribution in [1.29, 1.82) is 0 Å². The van der Waals surface area contributed by atoms with Gasteiger partial charge in [0.15, 0.2) is 5.82 Å². The van der Waals surface area contributed by atoms with Crippen molar-refractivity contribution in [3.05, 3.63) is 90.1 Å². The summed E-state index contributed by atoms with van der Waals surface area (Å²) in [6, 6.07) is 20.3. The van der Waals surface area contributed by atoms with E-state index in [4.69, 9.17) is 4.42 Å². The molecule has 0 saturated heterocycles. The van der Waals surface area contributed by atoms with Crippen molar-refractivity contribution in [3.8, 4) is 11.3 Å². The van der Waals surface area contributed by atoms with Gasteiger partial charge in [-0.15, -0.1) is 0 Å². The minimum Gasteiger partial charge on any atom is -0.467 e. The fourth-order valence-corrected chi connectivity index (χ4v) is 3.45. The first-order valence-corrected chi connectivity index (χ1v) is 9.16. The van der Waals surface area contributed by atoms with E-state index >= 15 is 0 Å². The van der Waals surface area contributed by atoms with Crippen LogP contribution in [0.2, 0.25) is 0 Å². The number of nitrogens with zero attached hydrogens (tertiary/aromatic N) is 1. The summed E-state index contributed by atoms with van der Waals surface area (Å²) in [5, 5.41) is 12.5. The van der Waals surface area contributed by atoms with E-state index in [9.17, 15) is 9.18 Å². The molecule has 0 aliphatic heterocycles.